The molecule has 3 nitrogen and oxygen atoms in total. The van der Waals surface area contributed by atoms with Crippen molar-refractivity contribution in [1.82, 2.24) is 4.98 Å². The predicted octanol–water partition coefficient (Wildman–Crippen LogP) is 3.10. The summed E-state index contributed by atoms with van der Waals surface area (Å²) in [7, 11) is 1.55. The van der Waals surface area contributed by atoms with E-state index in [-0.39, 0.29) is 4.83 Å². The summed E-state index contributed by atoms with van der Waals surface area (Å²) in [4.78, 5) is 7.57. The van der Waals surface area contributed by atoms with Crippen LogP contribution in [0.3, 0.4) is 0 Å². The summed E-state index contributed by atoms with van der Waals surface area (Å²) >= 11 is 3.40. The van der Waals surface area contributed by atoms with E-state index in [1.165, 1.54) is 6.20 Å². The van der Waals surface area contributed by atoms with E-state index in [0.29, 0.717) is 11.4 Å². The number of halogens is 1. The van der Waals surface area contributed by atoms with Crippen molar-refractivity contribution in [1.29, 1.82) is 0 Å². The minimum Gasteiger partial charge on any atom is -0.508 e. The van der Waals surface area contributed by atoms with E-state index in [1.54, 1.807) is 13.2 Å². The van der Waals surface area contributed by atoms with E-state index >= 15 is 0 Å². The third-order valence-corrected chi connectivity index (χ3v) is 2.08. The summed E-state index contributed by atoms with van der Waals surface area (Å²) in [5, 5.41) is 0. The highest BCUT2D eigenvalue weighted by molar-refractivity contribution is 9.09. The first-order valence-electron chi connectivity index (χ1n) is 3.74. The van der Waals surface area contributed by atoms with Crippen molar-refractivity contribution in [2.75, 3.05) is 7.11 Å². The van der Waals surface area contributed by atoms with E-state index in [0.717, 1.165) is 5.69 Å². The van der Waals surface area contributed by atoms with Gasteiger partial charge in [0, 0.05) is 6.20 Å². The molecule has 0 N–H and O–H groups in total. The SMILES string of the molecule is [C-]#[N+]c1cnc(C(C)Br)cc1OC. The quantitative estimate of drug-likeness (QED) is 0.587. The van der Waals surface area contributed by atoms with Crippen LogP contribution in [0.15, 0.2) is 12.3 Å². The van der Waals surface area contributed by atoms with Crippen LogP contribution in [0.1, 0.15) is 17.4 Å². The molecule has 1 rings (SSSR count). The molecule has 0 saturated heterocycles. The molecular formula is C9H9BrN2O. The first-order valence-corrected chi connectivity index (χ1v) is 4.66. The zero-order valence-electron chi connectivity index (χ0n) is 7.41. The summed E-state index contributed by atoms with van der Waals surface area (Å²) in [5.74, 6) is 0.575. The summed E-state index contributed by atoms with van der Waals surface area (Å²) < 4.78 is 5.05. The second-order valence-corrected chi connectivity index (χ2v) is 3.88. The van der Waals surface area contributed by atoms with Crippen molar-refractivity contribution in [3.63, 3.8) is 0 Å². The van der Waals surface area contributed by atoms with Gasteiger partial charge in [-0.25, -0.2) is 4.85 Å². The molecule has 1 atom stereocenters. The molecule has 1 unspecified atom stereocenters. The molecule has 1 aromatic heterocycles. The Labute approximate surface area is 85.7 Å². The van der Waals surface area contributed by atoms with Crippen molar-refractivity contribution < 1.29 is 4.74 Å². The third-order valence-electron chi connectivity index (χ3n) is 1.62. The summed E-state index contributed by atoms with van der Waals surface area (Å²) in [6, 6.07) is 1.77. The Morgan fingerprint density at radius 1 is 1.69 bits per heavy atom. The Bertz CT molecular complexity index is 344. The zero-order valence-corrected chi connectivity index (χ0v) is 9.00. The number of pyridine rings is 1. The molecule has 4 heteroatoms. The minimum absolute atomic E-state index is 0.168. The lowest BCUT2D eigenvalue weighted by molar-refractivity contribution is 0.416. The van der Waals surface area contributed by atoms with Crippen LogP contribution in [0.25, 0.3) is 4.85 Å². The monoisotopic (exact) mass is 240 g/mol. The average molecular weight is 241 g/mol. The summed E-state index contributed by atoms with van der Waals surface area (Å²) in [5.41, 5.74) is 1.31. The molecule has 13 heavy (non-hydrogen) atoms. The van der Waals surface area contributed by atoms with Gasteiger partial charge in [-0.1, -0.05) is 15.9 Å². The van der Waals surface area contributed by atoms with Gasteiger partial charge in [-0.2, -0.15) is 0 Å². The van der Waals surface area contributed by atoms with Gasteiger partial charge in [-0.3, -0.25) is 4.98 Å². The molecule has 0 amide bonds. The van der Waals surface area contributed by atoms with Gasteiger partial charge in [0.1, 0.15) is 5.75 Å². The number of ether oxygens (including phenoxy) is 1. The lowest BCUT2D eigenvalue weighted by Crippen LogP contribution is -1.91. The van der Waals surface area contributed by atoms with Crippen LogP contribution in [0.2, 0.25) is 0 Å². The number of hydrogen-bond donors (Lipinski definition) is 0. The van der Waals surface area contributed by atoms with E-state index < -0.39 is 0 Å². The van der Waals surface area contributed by atoms with Gasteiger partial charge < -0.3 is 4.74 Å². The van der Waals surface area contributed by atoms with Gasteiger partial charge in [0.15, 0.2) is 0 Å². The van der Waals surface area contributed by atoms with Crippen molar-refractivity contribution in [2.24, 2.45) is 0 Å². The molecule has 0 radical (unpaired) electrons. The Hall–Kier alpha value is -1.08. The van der Waals surface area contributed by atoms with Crippen LogP contribution in [0, 0.1) is 6.57 Å². The molecular weight excluding hydrogens is 232 g/mol. The largest absolute Gasteiger partial charge is 0.508 e. The zero-order chi connectivity index (χ0) is 9.84. The van der Waals surface area contributed by atoms with E-state index in [1.807, 2.05) is 6.92 Å². The highest BCUT2D eigenvalue weighted by atomic mass is 79.9. The molecule has 0 saturated carbocycles. The molecule has 1 heterocycles. The molecule has 0 fully saturated rings. The van der Waals surface area contributed by atoms with Crippen molar-refractivity contribution >= 4 is 21.6 Å². The Morgan fingerprint density at radius 2 is 2.38 bits per heavy atom. The number of hydrogen-bond acceptors (Lipinski definition) is 2. The van der Waals surface area contributed by atoms with Gasteiger partial charge in [0.05, 0.1) is 24.2 Å². The van der Waals surface area contributed by atoms with Gasteiger partial charge >= 0.3 is 0 Å². The Kier molecular flexibility index (Phi) is 3.26. The van der Waals surface area contributed by atoms with Crippen molar-refractivity contribution in [2.45, 2.75) is 11.8 Å². The highest BCUT2D eigenvalue weighted by Gasteiger charge is 2.08. The van der Waals surface area contributed by atoms with Gasteiger partial charge in [-0.15, -0.1) is 0 Å². The second kappa shape index (κ2) is 4.24. The van der Waals surface area contributed by atoms with Crippen LogP contribution in [0.5, 0.6) is 5.75 Å². The third kappa shape index (κ3) is 2.19. The fourth-order valence-corrected chi connectivity index (χ4v) is 1.16. The fourth-order valence-electron chi connectivity index (χ4n) is 0.910. The van der Waals surface area contributed by atoms with Gasteiger partial charge in [0.25, 0.3) is 0 Å². The maximum atomic E-state index is 6.86. The van der Waals surface area contributed by atoms with Gasteiger partial charge in [0.2, 0.25) is 5.69 Å². The second-order valence-electron chi connectivity index (χ2n) is 2.51. The van der Waals surface area contributed by atoms with Crippen molar-refractivity contribution in [3.8, 4) is 5.75 Å². The van der Waals surface area contributed by atoms with Crippen LogP contribution >= 0.6 is 15.9 Å². The first kappa shape index (κ1) is 10.0. The summed E-state index contributed by atoms with van der Waals surface area (Å²) in [6.07, 6.45) is 1.53. The molecule has 0 spiro atoms. The average Bonchev–Trinajstić information content (AvgIpc) is 2.16. The number of aromatic nitrogens is 1. The Morgan fingerprint density at radius 3 is 2.85 bits per heavy atom. The topological polar surface area (TPSA) is 26.5 Å². The number of rotatable bonds is 2. The lowest BCUT2D eigenvalue weighted by Gasteiger charge is -2.06. The molecule has 0 aliphatic rings. The number of methoxy groups -OCH3 is 1. The van der Waals surface area contributed by atoms with Crippen LogP contribution in [-0.2, 0) is 0 Å². The maximum Gasteiger partial charge on any atom is 0.245 e. The number of alkyl halides is 1. The minimum atomic E-state index is 0.168. The normalized spacial score (nSPS) is 11.8. The van der Waals surface area contributed by atoms with E-state index in [2.05, 4.69) is 25.8 Å². The molecule has 0 bridgehead atoms. The predicted molar refractivity (Wildman–Crippen MR) is 54.4 cm³/mol. The molecule has 68 valence electrons. The van der Waals surface area contributed by atoms with Crippen molar-refractivity contribution in [3.05, 3.63) is 29.4 Å². The van der Waals surface area contributed by atoms with Crippen LogP contribution in [0.4, 0.5) is 5.69 Å². The fraction of sp³-hybridized carbons (Fsp3) is 0.333. The molecule has 0 aliphatic carbocycles. The lowest BCUT2D eigenvalue weighted by atomic mass is 10.2. The standard InChI is InChI=1S/C9H9BrN2O/c1-6(10)7-4-9(13-3)8(11-2)5-12-7/h4-6H,1,3H3. The number of nitrogens with zero attached hydrogens (tertiary/aromatic N) is 2. The van der Waals surface area contributed by atoms with E-state index in [9.17, 15) is 0 Å². The molecule has 0 aliphatic heterocycles. The molecule has 0 aromatic carbocycles. The molecule has 1 aromatic rings. The van der Waals surface area contributed by atoms with E-state index in [4.69, 9.17) is 11.3 Å². The smallest absolute Gasteiger partial charge is 0.245 e. The van der Waals surface area contributed by atoms with Crippen LogP contribution < -0.4 is 4.74 Å². The maximum absolute atomic E-state index is 6.86. The highest BCUT2D eigenvalue weighted by Crippen LogP contribution is 2.30. The van der Waals surface area contributed by atoms with Crippen LogP contribution in [-0.4, -0.2) is 12.1 Å². The first-order chi connectivity index (χ1) is 6.19. The van der Waals surface area contributed by atoms with Gasteiger partial charge in [-0.05, 0) is 13.0 Å². The Balaban J connectivity index is 3.15. The summed E-state index contributed by atoms with van der Waals surface area (Å²) in [6.45, 7) is 8.83.